The van der Waals surface area contributed by atoms with Crippen LogP contribution in [0.5, 0.6) is 0 Å². The van der Waals surface area contributed by atoms with Crippen molar-refractivity contribution in [3.05, 3.63) is 16.7 Å². The summed E-state index contributed by atoms with van der Waals surface area (Å²) in [6, 6.07) is 1.93. The summed E-state index contributed by atoms with van der Waals surface area (Å²) in [6.45, 7) is 2.02. The largest absolute Gasteiger partial charge is 0.356 e. The molecule has 1 N–H and O–H groups in total. The number of nitrogens with one attached hydrogen (secondary N) is 1. The lowest BCUT2D eigenvalue weighted by Gasteiger charge is -2.11. The second-order valence-electron chi connectivity index (χ2n) is 3.25. The third-order valence-electron chi connectivity index (χ3n) is 2.22. The summed E-state index contributed by atoms with van der Waals surface area (Å²) in [5.74, 6) is 3.37. The van der Waals surface area contributed by atoms with Crippen LogP contribution in [0.1, 0.15) is 13.3 Å². The Morgan fingerprint density at radius 3 is 3.12 bits per heavy atom. The first-order valence-electron chi connectivity index (χ1n) is 4.88. The standard InChI is InChI=1S/C11H10ClN3S/c1-3-7(4-2)13-9-8-5-6-16-10(8)15-11(12)14-9/h1,5-7H,4H2,2H3,(H,13,14,15). The quantitative estimate of drug-likeness (QED) is 0.673. The van der Waals surface area contributed by atoms with Gasteiger partial charge in [0.25, 0.3) is 0 Å². The van der Waals surface area contributed by atoms with Crippen LogP contribution in [0.25, 0.3) is 10.2 Å². The van der Waals surface area contributed by atoms with Crippen LogP contribution in [0.3, 0.4) is 0 Å². The molecule has 0 bridgehead atoms. The summed E-state index contributed by atoms with van der Waals surface area (Å²) in [6.07, 6.45) is 6.24. The Morgan fingerprint density at radius 1 is 1.62 bits per heavy atom. The third kappa shape index (κ3) is 2.11. The molecule has 16 heavy (non-hydrogen) atoms. The predicted molar refractivity (Wildman–Crippen MR) is 69.0 cm³/mol. The lowest BCUT2D eigenvalue weighted by atomic mass is 10.2. The number of thiophene rings is 1. The van der Waals surface area contributed by atoms with Gasteiger partial charge in [-0.1, -0.05) is 12.8 Å². The summed E-state index contributed by atoms with van der Waals surface area (Å²) in [7, 11) is 0. The van der Waals surface area contributed by atoms with E-state index in [9.17, 15) is 0 Å². The van der Waals surface area contributed by atoms with Crippen LogP contribution in [0.4, 0.5) is 5.82 Å². The number of nitrogens with zero attached hydrogens (tertiary/aromatic N) is 2. The molecule has 1 atom stereocenters. The number of anilines is 1. The maximum atomic E-state index is 5.84. The molecular weight excluding hydrogens is 242 g/mol. The van der Waals surface area contributed by atoms with E-state index in [4.69, 9.17) is 18.0 Å². The zero-order valence-electron chi connectivity index (χ0n) is 8.70. The molecule has 2 rings (SSSR count). The Morgan fingerprint density at radius 2 is 2.44 bits per heavy atom. The van der Waals surface area contributed by atoms with E-state index in [1.54, 1.807) is 0 Å². The normalized spacial score (nSPS) is 12.3. The smallest absolute Gasteiger partial charge is 0.225 e. The van der Waals surface area contributed by atoms with Crippen LogP contribution >= 0.6 is 22.9 Å². The van der Waals surface area contributed by atoms with Gasteiger partial charge in [-0.3, -0.25) is 0 Å². The molecule has 82 valence electrons. The maximum Gasteiger partial charge on any atom is 0.225 e. The number of hydrogen-bond acceptors (Lipinski definition) is 4. The molecule has 0 saturated carbocycles. The molecule has 0 radical (unpaired) electrons. The first-order valence-corrected chi connectivity index (χ1v) is 6.13. The molecule has 3 nitrogen and oxygen atoms in total. The van der Waals surface area contributed by atoms with E-state index < -0.39 is 0 Å². The fraction of sp³-hybridized carbons (Fsp3) is 0.273. The van der Waals surface area contributed by atoms with Crippen molar-refractivity contribution in [3.63, 3.8) is 0 Å². The first kappa shape index (κ1) is 11.2. The Bertz CT molecular complexity index is 544. The highest BCUT2D eigenvalue weighted by atomic mass is 35.5. The van der Waals surface area contributed by atoms with Gasteiger partial charge in [-0.05, 0) is 29.5 Å². The van der Waals surface area contributed by atoms with E-state index in [2.05, 4.69) is 21.2 Å². The van der Waals surface area contributed by atoms with Crippen molar-refractivity contribution in [2.75, 3.05) is 5.32 Å². The predicted octanol–water partition coefficient (Wildman–Crippen LogP) is 3.17. The van der Waals surface area contributed by atoms with E-state index in [0.29, 0.717) is 5.82 Å². The van der Waals surface area contributed by atoms with Gasteiger partial charge >= 0.3 is 0 Å². The van der Waals surface area contributed by atoms with Crippen LogP contribution in [0.2, 0.25) is 5.28 Å². The molecule has 1 unspecified atom stereocenters. The third-order valence-corrected chi connectivity index (χ3v) is 3.19. The monoisotopic (exact) mass is 251 g/mol. The van der Waals surface area contributed by atoms with Crippen LogP contribution in [0, 0.1) is 12.3 Å². The van der Waals surface area contributed by atoms with Crippen LogP contribution < -0.4 is 5.32 Å². The number of fused-ring (bicyclic) bond motifs is 1. The van der Waals surface area contributed by atoms with Gasteiger partial charge in [-0.15, -0.1) is 17.8 Å². The molecule has 2 heterocycles. The van der Waals surface area contributed by atoms with Gasteiger partial charge in [-0.25, -0.2) is 9.97 Å². The van der Waals surface area contributed by atoms with E-state index in [1.165, 1.54) is 11.3 Å². The Labute approximate surface area is 103 Å². The van der Waals surface area contributed by atoms with Crippen molar-refractivity contribution in [1.82, 2.24) is 9.97 Å². The van der Waals surface area contributed by atoms with E-state index in [0.717, 1.165) is 16.6 Å². The van der Waals surface area contributed by atoms with Crippen molar-refractivity contribution in [2.45, 2.75) is 19.4 Å². The van der Waals surface area contributed by atoms with Crippen LogP contribution in [-0.2, 0) is 0 Å². The van der Waals surface area contributed by atoms with E-state index in [-0.39, 0.29) is 11.3 Å². The van der Waals surface area contributed by atoms with Gasteiger partial charge in [0.1, 0.15) is 10.6 Å². The maximum absolute atomic E-state index is 5.84. The molecule has 0 aliphatic rings. The minimum absolute atomic E-state index is 0.0333. The summed E-state index contributed by atoms with van der Waals surface area (Å²) >= 11 is 7.37. The molecule has 0 spiro atoms. The summed E-state index contributed by atoms with van der Waals surface area (Å²) in [4.78, 5) is 9.17. The first-order chi connectivity index (χ1) is 7.74. The number of terminal acetylenes is 1. The lowest BCUT2D eigenvalue weighted by molar-refractivity contribution is 0.852. The SMILES string of the molecule is C#CC(CC)Nc1nc(Cl)nc2sccc12. The fourth-order valence-corrected chi connectivity index (χ4v) is 2.35. The molecule has 0 fully saturated rings. The van der Waals surface area contributed by atoms with Gasteiger partial charge in [-0.2, -0.15) is 0 Å². The van der Waals surface area contributed by atoms with Crippen molar-refractivity contribution < 1.29 is 0 Å². The molecular formula is C11H10ClN3S. The topological polar surface area (TPSA) is 37.8 Å². The van der Waals surface area contributed by atoms with Gasteiger partial charge in [0.05, 0.1) is 11.4 Å². The molecule has 0 amide bonds. The lowest BCUT2D eigenvalue weighted by Crippen LogP contribution is -2.16. The van der Waals surface area contributed by atoms with Crippen LogP contribution in [0.15, 0.2) is 11.4 Å². The number of halogens is 1. The number of hydrogen-bond donors (Lipinski definition) is 1. The van der Waals surface area contributed by atoms with Crippen LogP contribution in [-0.4, -0.2) is 16.0 Å². The van der Waals surface area contributed by atoms with E-state index in [1.807, 2.05) is 18.4 Å². The Hall–Kier alpha value is -1.31. The molecule has 2 aromatic heterocycles. The zero-order valence-corrected chi connectivity index (χ0v) is 10.3. The Kier molecular flexibility index (Phi) is 3.28. The highest BCUT2D eigenvalue weighted by molar-refractivity contribution is 7.16. The molecule has 0 saturated heterocycles. The van der Waals surface area contributed by atoms with Gasteiger partial charge < -0.3 is 5.32 Å². The van der Waals surface area contributed by atoms with Crippen molar-refractivity contribution in [3.8, 4) is 12.3 Å². The molecule has 0 aliphatic heterocycles. The number of rotatable bonds is 3. The highest BCUT2D eigenvalue weighted by Crippen LogP contribution is 2.26. The molecule has 0 aromatic carbocycles. The molecule has 0 aliphatic carbocycles. The minimum atomic E-state index is -0.0333. The molecule has 5 heteroatoms. The zero-order chi connectivity index (χ0) is 11.5. The summed E-state index contributed by atoms with van der Waals surface area (Å²) in [5.41, 5.74) is 0. The van der Waals surface area contributed by atoms with Gasteiger partial charge in [0.15, 0.2) is 0 Å². The molecule has 2 aromatic rings. The van der Waals surface area contributed by atoms with Crippen molar-refractivity contribution >= 4 is 39.0 Å². The van der Waals surface area contributed by atoms with Gasteiger partial charge in [0, 0.05) is 0 Å². The average molecular weight is 252 g/mol. The van der Waals surface area contributed by atoms with Crippen molar-refractivity contribution in [2.24, 2.45) is 0 Å². The van der Waals surface area contributed by atoms with Gasteiger partial charge in [0.2, 0.25) is 5.28 Å². The summed E-state index contributed by atoms with van der Waals surface area (Å²) < 4.78 is 0. The second-order valence-corrected chi connectivity index (χ2v) is 4.49. The van der Waals surface area contributed by atoms with Crippen molar-refractivity contribution in [1.29, 1.82) is 0 Å². The minimum Gasteiger partial charge on any atom is -0.356 e. The number of aromatic nitrogens is 2. The second kappa shape index (κ2) is 4.69. The average Bonchev–Trinajstić information content (AvgIpc) is 2.73. The highest BCUT2D eigenvalue weighted by Gasteiger charge is 2.10. The fourth-order valence-electron chi connectivity index (χ4n) is 1.37. The summed E-state index contributed by atoms with van der Waals surface area (Å²) in [5, 5.41) is 6.34. The van der Waals surface area contributed by atoms with E-state index >= 15 is 0 Å². The Balaban J connectivity index is 2.43.